The minimum atomic E-state index is -0.274. The molecule has 0 atom stereocenters. The zero-order valence-corrected chi connectivity index (χ0v) is 17.0. The first-order chi connectivity index (χ1) is 15.0. The molecule has 9 nitrogen and oxygen atoms in total. The molecule has 1 aromatic carbocycles. The molecule has 4 rings (SSSR count). The number of carbonyl (C=O) groups excluding carboxylic acids is 1. The van der Waals surface area contributed by atoms with Crippen molar-refractivity contribution in [3.63, 3.8) is 0 Å². The zero-order valence-electron chi connectivity index (χ0n) is 17.0. The molecule has 0 unspecified atom stereocenters. The van der Waals surface area contributed by atoms with Crippen molar-refractivity contribution in [2.24, 2.45) is 5.92 Å². The van der Waals surface area contributed by atoms with Crippen molar-refractivity contribution in [1.29, 1.82) is 0 Å². The molecule has 1 fully saturated rings. The number of hydrogen-bond donors (Lipinski definition) is 3. The van der Waals surface area contributed by atoms with E-state index in [1.54, 1.807) is 30.7 Å². The van der Waals surface area contributed by atoms with Crippen LogP contribution >= 0.6 is 0 Å². The van der Waals surface area contributed by atoms with Crippen molar-refractivity contribution in [2.75, 3.05) is 35.2 Å². The highest BCUT2D eigenvalue weighted by Gasteiger charge is 2.28. The normalized spacial score (nSPS) is 13.4. The van der Waals surface area contributed by atoms with Gasteiger partial charge in [-0.1, -0.05) is 12.1 Å². The third-order valence-corrected chi connectivity index (χ3v) is 4.82. The topological polar surface area (TPSA) is 108 Å². The maximum Gasteiger partial charge on any atom is 0.226 e. The van der Waals surface area contributed by atoms with Crippen molar-refractivity contribution < 1.29 is 9.18 Å². The maximum atomic E-state index is 13.1. The van der Waals surface area contributed by atoms with Crippen molar-refractivity contribution in [3.05, 3.63) is 60.3 Å². The van der Waals surface area contributed by atoms with Crippen molar-refractivity contribution in [1.82, 2.24) is 25.3 Å². The number of hydrogen-bond acceptors (Lipinski definition) is 8. The van der Waals surface area contributed by atoms with E-state index in [2.05, 4.69) is 40.8 Å². The Morgan fingerprint density at radius 2 is 1.97 bits per heavy atom. The number of benzene rings is 1. The summed E-state index contributed by atoms with van der Waals surface area (Å²) in [5.74, 6) is 2.44. The Balaban J connectivity index is 1.48. The Labute approximate surface area is 179 Å². The van der Waals surface area contributed by atoms with Crippen molar-refractivity contribution in [2.45, 2.75) is 13.5 Å². The SMILES string of the molecule is CC(=O)NCC1CN(c2cc(Nc3cnccn3)nc(NCc3ccc(F)cc3)n2)C1. The van der Waals surface area contributed by atoms with Crippen molar-refractivity contribution >= 4 is 29.3 Å². The van der Waals surface area contributed by atoms with E-state index in [9.17, 15) is 9.18 Å². The van der Waals surface area contributed by atoms with Crippen LogP contribution < -0.4 is 20.9 Å². The number of aromatic nitrogens is 4. The number of amides is 1. The van der Waals surface area contributed by atoms with Crippen LogP contribution in [0.2, 0.25) is 0 Å². The fourth-order valence-corrected chi connectivity index (χ4v) is 3.19. The van der Waals surface area contributed by atoms with E-state index in [0.29, 0.717) is 36.6 Å². The van der Waals surface area contributed by atoms with E-state index in [1.807, 2.05) is 6.07 Å². The van der Waals surface area contributed by atoms with Crippen LogP contribution in [0.3, 0.4) is 0 Å². The molecule has 1 saturated heterocycles. The van der Waals surface area contributed by atoms with E-state index in [4.69, 9.17) is 0 Å². The molecule has 1 aliphatic rings. The van der Waals surface area contributed by atoms with Crippen LogP contribution in [0.4, 0.5) is 27.8 Å². The summed E-state index contributed by atoms with van der Waals surface area (Å²) in [5.41, 5.74) is 0.915. The maximum absolute atomic E-state index is 13.1. The average molecular weight is 422 g/mol. The molecule has 31 heavy (non-hydrogen) atoms. The Hall–Kier alpha value is -3.82. The summed E-state index contributed by atoms with van der Waals surface area (Å²) >= 11 is 0. The van der Waals surface area contributed by atoms with Gasteiger partial charge in [0.25, 0.3) is 0 Å². The Bertz CT molecular complexity index is 1030. The van der Waals surface area contributed by atoms with E-state index in [-0.39, 0.29) is 11.7 Å². The third kappa shape index (κ3) is 5.62. The third-order valence-electron chi connectivity index (χ3n) is 4.82. The van der Waals surface area contributed by atoms with Crippen LogP contribution in [0.25, 0.3) is 0 Å². The summed E-state index contributed by atoms with van der Waals surface area (Å²) < 4.78 is 13.1. The number of carbonyl (C=O) groups is 1. The Kier molecular flexibility index (Phi) is 6.16. The van der Waals surface area contributed by atoms with Crippen LogP contribution in [0, 0.1) is 11.7 Å². The largest absolute Gasteiger partial charge is 0.356 e. The van der Waals surface area contributed by atoms with Gasteiger partial charge < -0.3 is 20.9 Å². The molecule has 160 valence electrons. The van der Waals surface area contributed by atoms with Gasteiger partial charge in [-0.3, -0.25) is 9.78 Å². The summed E-state index contributed by atoms with van der Waals surface area (Å²) in [6.45, 7) is 4.21. The molecular formula is C21H23FN8O. The lowest BCUT2D eigenvalue weighted by atomic mass is 10.0. The van der Waals surface area contributed by atoms with Crippen LogP contribution in [0.15, 0.2) is 48.9 Å². The van der Waals surface area contributed by atoms with Crippen LogP contribution in [0.5, 0.6) is 0 Å². The predicted molar refractivity (Wildman–Crippen MR) is 115 cm³/mol. The lowest BCUT2D eigenvalue weighted by Crippen LogP contribution is -2.51. The number of halogens is 1. The molecule has 0 bridgehead atoms. The van der Waals surface area contributed by atoms with Gasteiger partial charge in [0, 0.05) is 57.5 Å². The van der Waals surface area contributed by atoms with Gasteiger partial charge >= 0.3 is 0 Å². The molecule has 10 heteroatoms. The smallest absolute Gasteiger partial charge is 0.226 e. The molecule has 0 spiro atoms. The lowest BCUT2D eigenvalue weighted by molar-refractivity contribution is -0.119. The molecule has 3 N–H and O–H groups in total. The van der Waals surface area contributed by atoms with Gasteiger partial charge in [-0.05, 0) is 17.7 Å². The Morgan fingerprint density at radius 3 is 2.68 bits per heavy atom. The van der Waals surface area contributed by atoms with Gasteiger partial charge in [0.2, 0.25) is 11.9 Å². The second-order valence-electron chi connectivity index (χ2n) is 7.34. The molecule has 1 amide bonds. The quantitative estimate of drug-likeness (QED) is 0.508. The second-order valence-corrected chi connectivity index (χ2v) is 7.34. The standard InChI is InChI=1S/C21H23FN8O/c1-14(31)25-10-16-12-30(13-16)20-8-18(27-19-11-23-6-7-24-19)28-21(29-20)26-9-15-2-4-17(22)5-3-15/h2-8,11,16H,9-10,12-13H2,1H3,(H,25,31)(H2,24,26,27,28,29). The van der Waals surface area contributed by atoms with E-state index >= 15 is 0 Å². The number of rotatable bonds is 8. The number of nitrogens with zero attached hydrogens (tertiary/aromatic N) is 5. The molecule has 3 aromatic rings. The molecule has 3 heterocycles. The van der Waals surface area contributed by atoms with Crippen LogP contribution in [-0.4, -0.2) is 45.5 Å². The highest BCUT2D eigenvalue weighted by Crippen LogP contribution is 2.26. The summed E-state index contributed by atoms with van der Waals surface area (Å²) in [6.07, 6.45) is 4.81. The molecule has 0 saturated carbocycles. The predicted octanol–water partition coefficient (Wildman–Crippen LogP) is 2.33. The summed E-state index contributed by atoms with van der Waals surface area (Å²) in [5, 5.41) is 9.20. The molecule has 1 aliphatic heterocycles. The van der Waals surface area contributed by atoms with Gasteiger partial charge in [0.05, 0.1) is 6.20 Å². The highest BCUT2D eigenvalue weighted by molar-refractivity contribution is 5.72. The van der Waals surface area contributed by atoms with Gasteiger partial charge in [-0.25, -0.2) is 9.37 Å². The second kappa shape index (κ2) is 9.33. The number of nitrogens with one attached hydrogen (secondary N) is 3. The molecular weight excluding hydrogens is 399 g/mol. The fraction of sp³-hybridized carbons (Fsp3) is 0.286. The first-order valence-corrected chi connectivity index (χ1v) is 9.95. The fourth-order valence-electron chi connectivity index (χ4n) is 3.19. The minimum absolute atomic E-state index is 0.0248. The summed E-state index contributed by atoms with van der Waals surface area (Å²) in [7, 11) is 0. The summed E-state index contributed by atoms with van der Waals surface area (Å²) in [4.78, 5) is 30.7. The minimum Gasteiger partial charge on any atom is -0.356 e. The van der Waals surface area contributed by atoms with E-state index in [1.165, 1.54) is 19.1 Å². The molecule has 0 aliphatic carbocycles. The first kappa shape index (κ1) is 20.5. The summed E-state index contributed by atoms with van der Waals surface area (Å²) in [6, 6.07) is 8.13. The Morgan fingerprint density at radius 1 is 1.16 bits per heavy atom. The molecule has 0 radical (unpaired) electrons. The van der Waals surface area contributed by atoms with Gasteiger partial charge in [0.15, 0.2) is 0 Å². The number of anilines is 4. The molecule has 2 aromatic heterocycles. The van der Waals surface area contributed by atoms with Crippen LogP contribution in [0.1, 0.15) is 12.5 Å². The van der Waals surface area contributed by atoms with Crippen molar-refractivity contribution in [3.8, 4) is 0 Å². The first-order valence-electron chi connectivity index (χ1n) is 9.95. The zero-order chi connectivity index (χ0) is 21.6. The van der Waals surface area contributed by atoms with E-state index < -0.39 is 0 Å². The monoisotopic (exact) mass is 422 g/mol. The average Bonchev–Trinajstić information content (AvgIpc) is 2.73. The van der Waals surface area contributed by atoms with Gasteiger partial charge in [0.1, 0.15) is 23.3 Å². The highest BCUT2D eigenvalue weighted by atomic mass is 19.1. The van der Waals surface area contributed by atoms with Gasteiger partial charge in [-0.2, -0.15) is 9.97 Å². The van der Waals surface area contributed by atoms with Gasteiger partial charge in [-0.15, -0.1) is 0 Å². The van der Waals surface area contributed by atoms with Crippen LogP contribution in [-0.2, 0) is 11.3 Å². The lowest BCUT2D eigenvalue weighted by Gasteiger charge is -2.40. The van der Waals surface area contributed by atoms with E-state index in [0.717, 1.165) is 24.5 Å².